The molecule has 0 N–H and O–H groups in total. The Balaban J connectivity index is 1.34. The van der Waals surface area contributed by atoms with E-state index in [4.69, 9.17) is 11.6 Å². The maximum absolute atomic E-state index is 13.5. The Hall–Kier alpha value is -3.16. The van der Waals surface area contributed by atoms with E-state index in [1.807, 2.05) is 65.6 Å². The molecule has 0 spiro atoms. The van der Waals surface area contributed by atoms with Gasteiger partial charge in [0.1, 0.15) is 11.1 Å². The topological polar surface area (TPSA) is 61.7 Å². The monoisotopic (exact) mass is 477 g/mol. The van der Waals surface area contributed by atoms with Crippen molar-refractivity contribution < 1.29 is 4.79 Å². The summed E-state index contributed by atoms with van der Waals surface area (Å²) in [5, 5.41) is 4.54. The summed E-state index contributed by atoms with van der Waals surface area (Å²) in [6, 6.07) is 19.0. The molecule has 2 aromatic carbocycles. The molecule has 2 fully saturated rings. The molecule has 7 nitrogen and oxygen atoms in total. The molecule has 1 aromatic heterocycles. The third-order valence-electron chi connectivity index (χ3n) is 6.69. The van der Waals surface area contributed by atoms with Crippen molar-refractivity contribution in [2.45, 2.75) is 18.9 Å². The van der Waals surface area contributed by atoms with Crippen LogP contribution < -0.4 is 10.5 Å². The second kappa shape index (κ2) is 9.99. The van der Waals surface area contributed by atoms with Crippen LogP contribution in [-0.4, -0.2) is 64.8 Å². The lowest BCUT2D eigenvalue weighted by Crippen LogP contribution is -2.51. The molecular weight excluding hydrogens is 450 g/mol. The maximum atomic E-state index is 13.5. The fourth-order valence-electron chi connectivity index (χ4n) is 4.87. The standard InChI is InChI=1S/C26H28ClN5O2/c27-23-22(19-28-32(25(23)33)21-11-5-2-6-12-21)29-15-17-30(18-16-29)24(20-9-3-1-4-10-20)26(34)31-13-7-8-14-31/h1-6,9-12,19,24H,7-8,13-18H2/t24-/m1/s1. The summed E-state index contributed by atoms with van der Waals surface area (Å²) >= 11 is 6.52. The summed E-state index contributed by atoms with van der Waals surface area (Å²) in [5.74, 6) is 0.183. The lowest BCUT2D eigenvalue weighted by molar-refractivity contribution is -0.136. The van der Waals surface area contributed by atoms with Crippen molar-refractivity contribution >= 4 is 23.2 Å². The number of amides is 1. The number of para-hydroxylation sites is 1. The van der Waals surface area contributed by atoms with Crippen molar-refractivity contribution in [2.24, 2.45) is 0 Å². The quantitative estimate of drug-likeness (QED) is 0.564. The summed E-state index contributed by atoms with van der Waals surface area (Å²) in [6.07, 6.45) is 3.80. The van der Waals surface area contributed by atoms with Gasteiger partial charge in [-0.1, -0.05) is 60.1 Å². The summed E-state index contributed by atoms with van der Waals surface area (Å²) in [7, 11) is 0. The summed E-state index contributed by atoms with van der Waals surface area (Å²) in [6.45, 7) is 4.37. The van der Waals surface area contributed by atoms with Gasteiger partial charge in [-0.2, -0.15) is 9.78 Å². The van der Waals surface area contributed by atoms with Crippen molar-refractivity contribution in [1.82, 2.24) is 19.6 Å². The highest BCUT2D eigenvalue weighted by Crippen LogP contribution is 2.29. The van der Waals surface area contributed by atoms with Gasteiger partial charge in [0.15, 0.2) is 0 Å². The number of benzene rings is 2. The van der Waals surface area contributed by atoms with Gasteiger partial charge in [-0.05, 0) is 30.5 Å². The molecule has 0 saturated carbocycles. The zero-order chi connectivity index (χ0) is 23.5. The first kappa shape index (κ1) is 22.6. The predicted octanol–water partition coefficient (Wildman–Crippen LogP) is 3.37. The van der Waals surface area contributed by atoms with E-state index in [2.05, 4.69) is 14.9 Å². The zero-order valence-electron chi connectivity index (χ0n) is 19.0. The maximum Gasteiger partial charge on any atom is 0.292 e. The van der Waals surface area contributed by atoms with Crippen LogP contribution in [-0.2, 0) is 4.79 Å². The molecule has 3 heterocycles. The number of piperazine rings is 1. The van der Waals surface area contributed by atoms with E-state index < -0.39 is 0 Å². The van der Waals surface area contributed by atoms with Gasteiger partial charge >= 0.3 is 0 Å². The highest BCUT2D eigenvalue weighted by atomic mass is 35.5. The van der Waals surface area contributed by atoms with E-state index in [0.29, 0.717) is 37.6 Å². The van der Waals surface area contributed by atoms with E-state index in [0.717, 1.165) is 31.5 Å². The van der Waals surface area contributed by atoms with Crippen LogP contribution in [0.4, 0.5) is 5.69 Å². The molecule has 2 saturated heterocycles. The summed E-state index contributed by atoms with van der Waals surface area (Å²) in [4.78, 5) is 32.7. The minimum atomic E-state index is -0.334. The van der Waals surface area contributed by atoms with Crippen LogP contribution in [0.1, 0.15) is 24.4 Å². The number of carbonyl (C=O) groups is 1. The molecular formula is C26H28ClN5O2. The van der Waals surface area contributed by atoms with Crippen LogP contribution in [0.25, 0.3) is 5.69 Å². The number of likely N-dealkylation sites (tertiary alicyclic amines) is 1. The molecule has 3 aromatic rings. The van der Waals surface area contributed by atoms with Gasteiger partial charge in [0.05, 0.1) is 17.6 Å². The number of hydrogen-bond acceptors (Lipinski definition) is 5. The second-order valence-electron chi connectivity index (χ2n) is 8.76. The lowest BCUT2D eigenvalue weighted by atomic mass is 10.0. The van der Waals surface area contributed by atoms with Gasteiger partial charge in [-0.25, -0.2) is 0 Å². The molecule has 0 unspecified atom stereocenters. The van der Waals surface area contributed by atoms with Crippen LogP contribution in [0, 0.1) is 0 Å². The van der Waals surface area contributed by atoms with Crippen molar-refractivity contribution in [1.29, 1.82) is 0 Å². The van der Waals surface area contributed by atoms with Crippen LogP contribution in [0.2, 0.25) is 5.02 Å². The Kier molecular flexibility index (Phi) is 6.65. The number of aromatic nitrogens is 2. The Morgan fingerprint density at radius 2 is 1.47 bits per heavy atom. The van der Waals surface area contributed by atoms with Gasteiger partial charge in [-0.3, -0.25) is 14.5 Å². The highest BCUT2D eigenvalue weighted by molar-refractivity contribution is 6.33. The molecule has 34 heavy (non-hydrogen) atoms. The smallest absolute Gasteiger partial charge is 0.292 e. The Morgan fingerprint density at radius 1 is 0.853 bits per heavy atom. The largest absolute Gasteiger partial charge is 0.366 e. The van der Waals surface area contributed by atoms with Crippen LogP contribution >= 0.6 is 11.6 Å². The third-order valence-corrected chi connectivity index (χ3v) is 7.04. The Bertz CT molecular complexity index is 1190. The van der Waals surface area contributed by atoms with Gasteiger partial charge in [0, 0.05) is 39.3 Å². The number of halogens is 1. The van der Waals surface area contributed by atoms with Crippen molar-refractivity contribution in [3.63, 3.8) is 0 Å². The van der Waals surface area contributed by atoms with Gasteiger partial charge < -0.3 is 9.80 Å². The van der Waals surface area contributed by atoms with Gasteiger partial charge in [0.2, 0.25) is 5.91 Å². The molecule has 2 aliphatic heterocycles. The third kappa shape index (κ3) is 4.45. The number of rotatable bonds is 5. The summed E-state index contributed by atoms with van der Waals surface area (Å²) < 4.78 is 1.32. The number of carbonyl (C=O) groups excluding carboxylic acids is 1. The molecule has 1 atom stereocenters. The van der Waals surface area contributed by atoms with E-state index in [9.17, 15) is 9.59 Å². The predicted molar refractivity (Wildman–Crippen MR) is 134 cm³/mol. The Labute approximate surface area is 204 Å². The number of nitrogens with zero attached hydrogens (tertiary/aromatic N) is 5. The fourth-order valence-corrected chi connectivity index (χ4v) is 5.12. The first-order chi connectivity index (χ1) is 16.6. The number of hydrogen-bond donors (Lipinski definition) is 0. The first-order valence-corrected chi connectivity index (χ1v) is 12.2. The molecule has 0 aliphatic carbocycles. The lowest BCUT2D eigenvalue weighted by Gasteiger charge is -2.40. The van der Waals surface area contributed by atoms with E-state index in [1.54, 1.807) is 6.20 Å². The average Bonchev–Trinajstić information content (AvgIpc) is 3.43. The molecule has 2 aliphatic rings. The van der Waals surface area contributed by atoms with Crippen LogP contribution in [0.3, 0.4) is 0 Å². The van der Waals surface area contributed by atoms with E-state index >= 15 is 0 Å². The highest BCUT2D eigenvalue weighted by Gasteiger charge is 2.34. The summed E-state index contributed by atoms with van der Waals surface area (Å²) in [5.41, 5.74) is 2.01. The molecule has 1 amide bonds. The Morgan fingerprint density at radius 3 is 2.12 bits per heavy atom. The zero-order valence-corrected chi connectivity index (χ0v) is 19.8. The van der Waals surface area contributed by atoms with Crippen LogP contribution in [0.15, 0.2) is 71.7 Å². The fraction of sp³-hybridized carbons (Fsp3) is 0.346. The van der Waals surface area contributed by atoms with Crippen molar-refractivity contribution in [2.75, 3.05) is 44.2 Å². The van der Waals surface area contributed by atoms with E-state index in [1.165, 1.54) is 4.68 Å². The molecule has 0 radical (unpaired) electrons. The molecule has 5 rings (SSSR count). The average molecular weight is 478 g/mol. The van der Waals surface area contributed by atoms with Gasteiger partial charge in [-0.15, -0.1) is 0 Å². The van der Waals surface area contributed by atoms with Gasteiger partial charge in [0.25, 0.3) is 5.56 Å². The number of anilines is 1. The van der Waals surface area contributed by atoms with E-state index in [-0.39, 0.29) is 22.5 Å². The van der Waals surface area contributed by atoms with Crippen LogP contribution in [0.5, 0.6) is 0 Å². The second-order valence-corrected chi connectivity index (χ2v) is 9.14. The van der Waals surface area contributed by atoms with Crippen molar-refractivity contribution in [3.8, 4) is 5.69 Å². The molecule has 0 bridgehead atoms. The van der Waals surface area contributed by atoms with Crippen molar-refractivity contribution in [3.05, 3.63) is 87.8 Å². The molecule has 176 valence electrons. The minimum Gasteiger partial charge on any atom is -0.366 e. The molecule has 8 heteroatoms. The SMILES string of the molecule is O=C([C@@H](c1ccccc1)N1CCN(c2cnn(-c3ccccc3)c(=O)c2Cl)CC1)N1CCCC1. The first-order valence-electron chi connectivity index (χ1n) is 11.8. The normalized spacial score (nSPS) is 17.7. The minimum absolute atomic E-state index is 0.167.